The van der Waals surface area contributed by atoms with Gasteiger partial charge in [-0.15, -0.1) is 0 Å². The fraction of sp³-hybridized carbons (Fsp3) is 0.100. The number of rotatable bonds is 3. The monoisotopic (exact) mass is 223 g/mol. The van der Waals surface area contributed by atoms with Gasteiger partial charge in [-0.25, -0.2) is 4.79 Å². The highest BCUT2D eigenvalue weighted by atomic mass is 16.6. The summed E-state index contributed by atoms with van der Waals surface area (Å²) in [5, 5.41) is 19.8. The highest BCUT2D eigenvalue weighted by Gasteiger charge is 2.08. The molecule has 1 N–H and O–H groups in total. The van der Waals surface area contributed by atoms with E-state index in [0.717, 1.165) is 12.1 Å². The van der Waals surface area contributed by atoms with Gasteiger partial charge in [-0.1, -0.05) is 0 Å². The van der Waals surface area contributed by atoms with Crippen LogP contribution in [0.5, 0.6) is 5.75 Å². The second-order valence-electron chi connectivity index (χ2n) is 2.86. The van der Waals surface area contributed by atoms with E-state index in [0.29, 0.717) is 5.56 Å². The molecule has 0 saturated carbocycles. The molecule has 0 heterocycles. The molecule has 0 aliphatic rings. The van der Waals surface area contributed by atoms with Crippen molar-refractivity contribution in [3.63, 3.8) is 0 Å². The van der Waals surface area contributed by atoms with Crippen molar-refractivity contribution in [2.75, 3.05) is 7.11 Å². The summed E-state index contributed by atoms with van der Waals surface area (Å²) in [6, 6.07) is 3.58. The second kappa shape index (κ2) is 4.92. The van der Waals surface area contributed by atoms with Gasteiger partial charge in [-0.2, -0.15) is 0 Å². The van der Waals surface area contributed by atoms with Crippen LogP contribution in [0.15, 0.2) is 24.3 Å². The Bertz CT molecular complexity index is 453. The fourth-order valence-corrected chi connectivity index (χ4v) is 1.01. The Morgan fingerprint density at radius 3 is 2.75 bits per heavy atom. The third kappa shape index (κ3) is 2.81. The number of non-ortho nitro benzene ring substituents is 1. The molecule has 6 nitrogen and oxygen atoms in total. The number of ether oxygens (including phenoxy) is 1. The van der Waals surface area contributed by atoms with Crippen LogP contribution >= 0.6 is 0 Å². The van der Waals surface area contributed by atoms with Gasteiger partial charge in [0.1, 0.15) is 5.75 Å². The van der Waals surface area contributed by atoms with Crippen molar-refractivity contribution in [2.45, 2.75) is 0 Å². The van der Waals surface area contributed by atoms with Crippen molar-refractivity contribution in [1.29, 1.82) is 0 Å². The van der Waals surface area contributed by atoms with Gasteiger partial charge in [-0.05, 0) is 12.1 Å². The summed E-state index contributed by atoms with van der Waals surface area (Å²) >= 11 is 0. The minimum absolute atomic E-state index is 0.215. The minimum atomic E-state index is -0.618. The van der Waals surface area contributed by atoms with Gasteiger partial charge in [-0.3, -0.25) is 10.1 Å². The Kier molecular flexibility index (Phi) is 3.60. The van der Waals surface area contributed by atoms with E-state index in [9.17, 15) is 20.0 Å². The second-order valence-corrected chi connectivity index (χ2v) is 2.86. The molecule has 0 saturated heterocycles. The van der Waals surface area contributed by atoms with Crippen LogP contribution in [0, 0.1) is 10.1 Å². The molecule has 0 fully saturated rings. The first-order chi connectivity index (χ1) is 7.54. The smallest absolute Gasteiger partial charge is 0.330 e. The predicted octanol–water partition coefficient (Wildman–Crippen LogP) is 1.49. The number of benzene rings is 1. The van der Waals surface area contributed by atoms with E-state index in [1.54, 1.807) is 0 Å². The molecular formula is C10H9NO5. The number of hydrogen-bond acceptors (Lipinski definition) is 5. The highest BCUT2D eigenvalue weighted by molar-refractivity contribution is 5.87. The number of aromatic hydroxyl groups is 1. The van der Waals surface area contributed by atoms with E-state index in [2.05, 4.69) is 4.74 Å². The van der Waals surface area contributed by atoms with E-state index in [-0.39, 0.29) is 11.4 Å². The summed E-state index contributed by atoms with van der Waals surface area (Å²) in [6.07, 6.45) is 2.42. The third-order valence-electron chi connectivity index (χ3n) is 1.82. The van der Waals surface area contributed by atoms with E-state index in [4.69, 9.17) is 0 Å². The first kappa shape index (κ1) is 11.7. The van der Waals surface area contributed by atoms with Crippen molar-refractivity contribution in [3.05, 3.63) is 40.0 Å². The Morgan fingerprint density at radius 1 is 1.56 bits per heavy atom. The van der Waals surface area contributed by atoms with Crippen LogP contribution in [-0.2, 0) is 9.53 Å². The molecule has 0 spiro atoms. The zero-order valence-corrected chi connectivity index (χ0v) is 8.41. The summed E-state index contributed by atoms with van der Waals surface area (Å²) in [5.74, 6) is -0.841. The maximum atomic E-state index is 10.8. The summed E-state index contributed by atoms with van der Waals surface area (Å²) in [4.78, 5) is 20.5. The van der Waals surface area contributed by atoms with Crippen LogP contribution in [0.4, 0.5) is 5.69 Å². The molecule has 0 radical (unpaired) electrons. The maximum absolute atomic E-state index is 10.8. The Balaban J connectivity index is 2.95. The van der Waals surface area contributed by atoms with Gasteiger partial charge in [0.15, 0.2) is 0 Å². The van der Waals surface area contributed by atoms with E-state index >= 15 is 0 Å². The number of phenolic OH excluding ortho intramolecular Hbond substituents is 1. The average Bonchev–Trinajstić information content (AvgIpc) is 2.26. The summed E-state index contributed by atoms with van der Waals surface area (Å²) in [5.41, 5.74) is 0.0868. The Morgan fingerprint density at radius 2 is 2.25 bits per heavy atom. The molecule has 0 bridgehead atoms. The number of phenols is 1. The van der Waals surface area contributed by atoms with E-state index < -0.39 is 10.9 Å². The van der Waals surface area contributed by atoms with Gasteiger partial charge in [0.25, 0.3) is 5.69 Å². The summed E-state index contributed by atoms with van der Waals surface area (Å²) < 4.78 is 4.36. The first-order valence-corrected chi connectivity index (χ1v) is 4.28. The number of esters is 1. The number of nitrogens with zero attached hydrogens (tertiary/aromatic N) is 1. The zero-order valence-electron chi connectivity index (χ0n) is 8.41. The number of nitro groups is 1. The Hall–Kier alpha value is -2.37. The molecule has 0 aromatic heterocycles. The third-order valence-corrected chi connectivity index (χ3v) is 1.82. The lowest BCUT2D eigenvalue weighted by Gasteiger charge is -1.98. The summed E-state index contributed by atoms with van der Waals surface area (Å²) in [6.45, 7) is 0. The van der Waals surface area contributed by atoms with Gasteiger partial charge < -0.3 is 9.84 Å². The molecule has 1 aromatic carbocycles. The standard InChI is InChI=1S/C10H9NO5/c1-16-10(13)5-3-7-2-4-8(11(14)15)6-9(7)12/h2-6,12H,1H3/b5-3-. The lowest BCUT2D eigenvalue weighted by molar-refractivity contribution is -0.384. The van der Waals surface area contributed by atoms with Crippen molar-refractivity contribution >= 4 is 17.7 Å². The molecule has 6 heteroatoms. The summed E-state index contributed by atoms with van der Waals surface area (Å²) in [7, 11) is 1.22. The first-order valence-electron chi connectivity index (χ1n) is 4.28. The number of hydrogen-bond donors (Lipinski definition) is 1. The van der Waals surface area contributed by atoms with Crippen molar-refractivity contribution in [3.8, 4) is 5.75 Å². The lowest BCUT2D eigenvalue weighted by atomic mass is 10.1. The minimum Gasteiger partial charge on any atom is -0.507 e. The van der Waals surface area contributed by atoms with Crippen LogP contribution in [-0.4, -0.2) is 23.1 Å². The van der Waals surface area contributed by atoms with E-state index in [1.807, 2.05) is 0 Å². The molecule has 1 rings (SSSR count). The van der Waals surface area contributed by atoms with Crippen LogP contribution < -0.4 is 0 Å². The number of carbonyl (C=O) groups is 1. The topological polar surface area (TPSA) is 89.7 Å². The Labute approximate surface area is 90.9 Å². The molecule has 0 amide bonds. The van der Waals surface area contributed by atoms with Crippen LogP contribution in [0.3, 0.4) is 0 Å². The predicted molar refractivity (Wildman–Crippen MR) is 55.8 cm³/mol. The zero-order chi connectivity index (χ0) is 12.1. The number of nitro benzene ring substituents is 1. The normalized spacial score (nSPS) is 10.3. The highest BCUT2D eigenvalue weighted by Crippen LogP contribution is 2.24. The molecule has 16 heavy (non-hydrogen) atoms. The van der Waals surface area contributed by atoms with Gasteiger partial charge in [0.05, 0.1) is 18.1 Å². The van der Waals surface area contributed by atoms with Crippen molar-refractivity contribution in [1.82, 2.24) is 0 Å². The average molecular weight is 223 g/mol. The largest absolute Gasteiger partial charge is 0.507 e. The molecule has 1 aromatic rings. The molecule has 0 aliphatic carbocycles. The van der Waals surface area contributed by atoms with Crippen molar-refractivity contribution in [2.24, 2.45) is 0 Å². The quantitative estimate of drug-likeness (QED) is 0.363. The van der Waals surface area contributed by atoms with Crippen molar-refractivity contribution < 1.29 is 19.6 Å². The van der Waals surface area contributed by atoms with Crippen LogP contribution in [0.1, 0.15) is 5.56 Å². The molecule has 0 aliphatic heterocycles. The molecule has 84 valence electrons. The number of carbonyl (C=O) groups excluding carboxylic acids is 1. The molecule has 0 atom stereocenters. The SMILES string of the molecule is COC(=O)/C=C\c1ccc([N+](=O)[O-])cc1O. The fourth-order valence-electron chi connectivity index (χ4n) is 1.01. The van der Waals surface area contributed by atoms with E-state index in [1.165, 1.54) is 25.3 Å². The lowest BCUT2D eigenvalue weighted by Crippen LogP contribution is -1.93. The maximum Gasteiger partial charge on any atom is 0.330 e. The van der Waals surface area contributed by atoms with Gasteiger partial charge in [0, 0.05) is 17.7 Å². The molecular weight excluding hydrogens is 214 g/mol. The van der Waals surface area contributed by atoms with Gasteiger partial charge >= 0.3 is 5.97 Å². The van der Waals surface area contributed by atoms with Crippen LogP contribution in [0.25, 0.3) is 6.08 Å². The number of methoxy groups -OCH3 is 1. The van der Waals surface area contributed by atoms with Gasteiger partial charge in [0.2, 0.25) is 0 Å². The van der Waals surface area contributed by atoms with Crippen LogP contribution in [0.2, 0.25) is 0 Å². The molecule has 0 unspecified atom stereocenters.